The van der Waals surface area contributed by atoms with Crippen molar-refractivity contribution in [2.75, 3.05) is 46.9 Å². The predicted molar refractivity (Wildman–Crippen MR) is 84.6 cm³/mol. The summed E-state index contributed by atoms with van der Waals surface area (Å²) >= 11 is 6.12. The van der Waals surface area contributed by atoms with Crippen molar-refractivity contribution in [3.05, 3.63) is 28.8 Å². The van der Waals surface area contributed by atoms with Gasteiger partial charge in [-0.15, -0.1) is 0 Å². The number of benzene rings is 1. The molecule has 2 heterocycles. The number of carbonyl (C=O) groups excluding carboxylic acids is 1. The molecule has 2 atom stereocenters. The van der Waals surface area contributed by atoms with E-state index in [9.17, 15) is 4.79 Å². The van der Waals surface area contributed by atoms with Crippen molar-refractivity contribution in [3.8, 4) is 5.75 Å². The highest BCUT2D eigenvalue weighted by molar-refractivity contribution is 6.32. The van der Waals surface area contributed by atoms with E-state index >= 15 is 0 Å². The Morgan fingerprint density at radius 2 is 2.18 bits per heavy atom. The van der Waals surface area contributed by atoms with Crippen LogP contribution in [0.1, 0.15) is 10.4 Å². The summed E-state index contributed by atoms with van der Waals surface area (Å²) in [7, 11) is 3.66. The van der Waals surface area contributed by atoms with Gasteiger partial charge in [-0.1, -0.05) is 11.6 Å². The van der Waals surface area contributed by atoms with Crippen molar-refractivity contribution in [1.82, 2.24) is 9.80 Å². The Morgan fingerprint density at radius 3 is 2.91 bits per heavy atom. The van der Waals surface area contributed by atoms with E-state index in [0.717, 1.165) is 26.2 Å². The van der Waals surface area contributed by atoms with E-state index in [0.29, 0.717) is 28.8 Å². The molecule has 1 amide bonds. The Hall–Kier alpha value is -1.30. The molecule has 0 aliphatic carbocycles. The lowest BCUT2D eigenvalue weighted by Crippen LogP contribution is -2.32. The second-order valence-electron chi connectivity index (χ2n) is 5.99. The molecule has 1 aromatic rings. The molecule has 5 nitrogen and oxygen atoms in total. The zero-order valence-corrected chi connectivity index (χ0v) is 13.7. The van der Waals surface area contributed by atoms with Crippen LogP contribution in [0.25, 0.3) is 0 Å². The van der Waals surface area contributed by atoms with E-state index in [1.807, 2.05) is 4.90 Å². The Kier molecular flexibility index (Phi) is 4.57. The van der Waals surface area contributed by atoms with Crippen molar-refractivity contribution >= 4 is 17.5 Å². The monoisotopic (exact) mass is 324 g/mol. The first-order chi connectivity index (χ1) is 10.6. The third-order valence-electron chi connectivity index (χ3n) is 4.42. The van der Waals surface area contributed by atoms with Crippen molar-refractivity contribution in [3.63, 3.8) is 0 Å². The summed E-state index contributed by atoms with van der Waals surface area (Å²) < 4.78 is 11.0. The lowest BCUT2D eigenvalue weighted by Gasteiger charge is -2.19. The summed E-state index contributed by atoms with van der Waals surface area (Å²) in [5, 5.41) is 0.456. The maximum Gasteiger partial charge on any atom is 0.254 e. The molecular formula is C16H21ClN2O3. The van der Waals surface area contributed by atoms with E-state index in [2.05, 4.69) is 11.9 Å². The van der Waals surface area contributed by atoms with Crippen LogP contribution >= 0.6 is 11.6 Å². The number of amides is 1. The molecule has 1 aromatic carbocycles. The van der Waals surface area contributed by atoms with E-state index in [-0.39, 0.29) is 12.0 Å². The van der Waals surface area contributed by atoms with Gasteiger partial charge in [0.2, 0.25) is 0 Å². The zero-order chi connectivity index (χ0) is 15.7. The molecule has 2 aliphatic rings. The van der Waals surface area contributed by atoms with E-state index in [1.165, 1.54) is 0 Å². The number of nitrogens with zero attached hydrogens (tertiary/aromatic N) is 2. The third kappa shape index (κ3) is 3.07. The topological polar surface area (TPSA) is 42.0 Å². The lowest BCUT2D eigenvalue weighted by molar-refractivity contribution is 0.0487. The van der Waals surface area contributed by atoms with Crippen molar-refractivity contribution < 1.29 is 14.3 Å². The van der Waals surface area contributed by atoms with E-state index < -0.39 is 0 Å². The predicted octanol–water partition coefficient (Wildman–Crippen LogP) is 1.75. The lowest BCUT2D eigenvalue weighted by atomic mass is 10.1. The molecule has 2 aliphatic heterocycles. The molecular weight excluding hydrogens is 304 g/mol. The van der Waals surface area contributed by atoms with Crippen LogP contribution in [-0.4, -0.2) is 68.8 Å². The van der Waals surface area contributed by atoms with Crippen LogP contribution in [0.2, 0.25) is 5.02 Å². The molecule has 0 spiro atoms. The number of rotatable bonds is 2. The van der Waals surface area contributed by atoms with Crippen molar-refractivity contribution in [1.29, 1.82) is 0 Å². The maximum absolute atomic E-state index is 12.7. The van der Waals surface area contributed by atoms with E-state index in [4.69, 9.17) is 21.1 Å². The number of methoxy groups -OCH3 is 1. The van der Waals surface area contributed by atoms with Crippen LogP contribution in [0.15, 0.2) is 18.2 Å². The van der Waals surface area contributed by atoms with Gasteiger partial charge in [0, 0.05) is 37.7 Å². The third-order valence-corrected chi connectivity index (χ3v) is 4.71. The number of hydrogen-bond acceptors (Lipinski definition) is 4. The number of fused-ring (bicyclic) bond motifs is 1. The number of likely N-dealkylation sites (tertiary alicyclic amines) is 1. The quantitative estimate of drug-likeness (QED) is 0.831. The van der Waals surface area contributed by atoms with Crippen LogP contribution in [-0.2, 0) is 4.74 Å². The van der Waals surface area contributed by atoms with Gasteiger partial charge in [0.05, 0.1) is 24.8 Å². The highest BCUT2D eigenvalue weighted by Gasteiger charge is 2.38. The van der Waals surface area contributed by atoms with Crippen LogP contribution in [0, 0.1) is 5.92 Å². The minimum absolute atomic E-state index is 0.00359. The fraction of sp³-hybridized carbons (Fsp3) is 0.562. The van der Waals surface area contributed by atoms with Gasteiger partial charge < -0.3 is 19.3 Å². The molecule has 0 N–H and O–H groups in total. The van der Waals surface area contributed by atoms with Gasteiger partial charge in [0.15, 0.2) is 0 Å². The fourth-order valence-electron chi connectivity index (χ4n) is 3.20. The van der Waals surface area contributed by atoms with Crippen LogP contribution in [0.5, 0.6) is 5.75 Å². The number of halogens is 1. The minimum Gasteiger partial charge on any atom is -0.495 e. The second kappa shape index (κ2) is 6.44. The average molecular weight is 325 g/mol. The molecule has 3 rings (SSSR count). The maximum atomic E-state index is 12.7. The summed E-state index contributed by atoms with van der Waals surface area (Å²) in [6.45, 7) is 4.04. The molecule has 120 valence electrons. The molecule has 0 unspecified atom stereocenters. The first-order valence-corrected chi connectivity index (χ1v) is 7.89. The Labute approximate surface area is 135 Å². The summed E-state index contributed by atoms with van der Waals surface area (Å²) in [5.41, 5.74) is 0.593. The Balaban J connectivity index is 1.72. The summed E-state index contributed by atoms with van der Waals surface area (Å²) in [6, 6.07) is 5.16. The molecule has 0 aromatic heterocycles. The molecule has 0 radical (unpaired) electrons. The molecule has 0 bridgehead atoms. The van der Waals surface area contributed by atoms with Crippen molar-refractivity contribution in [2.24, 2.45) is 5.92 Å². The van der Waals surface area contributed by atoms with Gasteiger partial charge >= 0.3 is 0 Å². The number of likely N-dealkylation sites (N-methyl/N-ethyl adjacent to an activating group) is 1. The number of carbonyl (C=O) groups is 1. The zero-order valence-electron chi connectivity index (χ0n) is 12.9. The van der Waals surface area contributed by atoms with Gasteiger partial charge in [-0.3, -0.25) is 4.79 Å². The molecule has 22 heavy (non-hydrogen) atoms. The summed E-state index contributed by atoms with van der Waals surface area (Å²) in [5.74, 6) is 0.962. The number of hydrogen-bond donors (Lipinski definition) is 0. The van der Waals surface area contributed by atoms with Gasteiger partial charge in [-0.05, 0) is 25.2 Å². The van der Waals surface area contributed by atoms with Crippen LogP contribution < -0.4 is 4.74 Å². The molecule has 2 fully saturated rings. The SMILES string of the molecule is COc1ccc(C(=O)N2C[C@@H]3CN(C)CCO[C@@H]3C2)cc1Cl. The molecule has 2 saturated heterocycles. The summed E-state index contributed by atoms with van der Waals surface area (Å²) in [6.07, 6.45) is 0.141. The van der Waals surface area contributed by atoms with E-state index in [1.54, 1.807) is 25.3 Å². The highest BCUT2D eigenvalue weighted by Crippen LogP contribution is 2.28. The van der Waals surface area contributed by atoms with Crippen LogP contribution in [0.3, 0.4) is 0 Å². The minimum atomic E-state index is 0.00359. The highest BCUT2D eigenvalue weighted by atomic mass is 35.5. The first-order valence-electron chi connectivity index (χ1n) is 7.51. The van der Waals surface area contributed by atoms with Crippen molar-refractivity contribution in [2.45, 2.75) is 6.10 Å². The number of ether oxygens (including phenoxy) is 2. The second-order valence-corrected chi connectivity index (χ2v) is 6.40. The Morgan fingerprint density at radius 1 is 1.36 bits per heavy atom. The van der Waals surface area contributed by atoms with Gasteiger partial charge in [-0.25, -0.2) is 0 Å². The molecule has 0 saturated carbocycles. The van der Waals surface area contributed by atoms with Gasteiger partial charge in [-0.2, -0.15) is 0 Å². The smallest absolute Gasteiger partial charge is 0.254 e. The first kappa shape index (κ1) is 15.6. The van der Waals surface area contributed by atoms with Gasteiger partial charge in [0.25, 0.3) is 5.91 Å². The summed E-state index contributed by atoms with van der Waals surface area (Å²) in [4.78, 5) is 16.8. The largest absolute Gasteiger partial charge is 0.495 e. The fourth-order valence-corrected chi connectivity index (χ4v) is 3.46. The Bertz CT molecular complexity index is 566. The van der Waals surface area contributed by atoms with Gasteiger partial charge in [0.1, 0.15) is 5.75 Å². The average Bonchev–Trinajstić information content (AvgIpc) is 2.81. The van der Waals surface area contributed by atoms with Crippen LogP contribution in [0.4, 0.5) is 0 Å². The normalized spacial score (nSPS) is 25.7. The standard InChI is InChI=1S/C16H21ClN2O3/c1-18-5-6-22-15-10-19(9-12(15)8-18)16(20)11-3-4-14(21-2)13(17)7-11/h3-4,7,12,15H,5-6,8-10H2,1-2H3/t12-,15+/m0/s1. The molecule has 6 heteroatoms.